The number of carbonyl (C=O) groups is 1. The van der Waals surface area contributed by atoms with Crippen LogP contribution in [-0.4, -0.2) is 30.0 Å². The molecule has 0 heterocycles. The van der Waals surface area contributed by atoms with Gasteiger partial charge in [-0.1, -0.05) is 0 Å². The van der Waals surface area contributed by atoms with E-state index in [1.54, 1.807) is 0 Å². The van der Waals surface area contributed by atoms with Crippen molar-refractivity contribution in [2.24, 2.45) is 0 Å². The number of hydrogen-bond acceptors (Lipinski definition) is 3. The van der Waals surface area contributed by atoms with Crippen molar-refractivity contribution in [2.75, 3.05) is 0 Å². The van der Waals surface area contributed by atoms with Gasteiger partial charge in [0.05, 0.1) is 0 Å². The number of nitro groups is 1. The zero-order valence-electron chi connectivity index (χ0n) is 6.64. The predicted octanol–water partition coefficient (Wildman–Crippen LogP) is 0.776. The van der Waals surface area contributed by atoms with Crippen LogP contribution in [0.5, 0.6) is 0 Å². The summed E-state index contributed by atoms with van der Waals surface area (Å²) in [6.45, 7) is 0. The zero-order valence-corrected chi connectivity index (χ0v) is 9.11. The van der Waals surface area contributed by atoms with Crippen molar-refractivity contribution in [3.8, 4) is 0 Å². The average molecular weight is 281 g/mol. The molecule has 74 valence electrons. The van der Waals surface area contributed by atoms with Gasteiger partial charge in [-0.05, 0) is 0 Å². The van der Waals surface area contributed by atoms with Gasteiger partial charge in [-0.2, -0.15) is 0 Å². The summed E-state index contributed by atoms with van der Waals surface area (Å²) in [5.41, 5.74) is -0.339. The van der Waals surface area contributed by atoms with Crippen molar-refractivity contribution in [2.45, 2.75) is 0 Å². The quantitative estimate of drug-likeness (QED) is 0.504. The van der Waals surface area contributed by atoms with Gasteiger partial charge in [0.1, 0.15) is 0 Å². The second kappa shape index (κ2) is 4.41. The molecule has 1 N–H and O–H groups in total. The van der Waals surface area contributed by atoms with Gasteiger partial charge >= 0.3 is 89.0 Å². The molecule has 0 bridgehead atoms. The van der Waals surface area contributed by atoms with Crippen LogP contribution in [0.1, 0.15) is 10.4 Å². The Hall–Kier alpha value is -1.10. The van der Waals surface area contributed by atoms with E-state index in [-0.39, 0.29) is 15.7 Å². The summed E-state index contributed by atoms with van der Waals surface area (Å²) in [6.07, 6.45) is 0. The van der Waals surface area contributed by atoms with Crippen LogP contribution in [-0.2, 0) is 0 Å². The summed E-state index contributed by atoms with van der Waals surface area (Å²) in [5.74, 6) is -1.20. The summed E-state index contributed by atoms with van der Waals surface area (Å²) in [7, 11) is 5.52. The molecule has 0 aliphatic rings. The summed E-state index contributed by atoms with van der Waals surface area (Å²) in [4.78, 5) is 20.6. The molecule has 1 rings (SSSR count). The number of carboxylic acid groups (broad SMARTS) is 1. The standard InChI is InChI=1S/C7H4ClNO4Se/c8-14-6-4(7(10)11)2-1-3-5(6)9(12)13/h1-3H,(H,10,11). The van der Waals surface area contributed by atoms with Crippen molar-refractivity contribution in [3.63, 3.8) is 0 Å². The molecule has 0 amide bonds. The third-order valence-electron chi connectivity index (χ3n) is 1.50. The van der Waals surface area contributed by atoms with Crippen LogP contribution in [0.2, 0.25) is 0 Å². The number of rotatable bonds is 3. The molecule has 0 spiro atoms. The van der Waals surface area contributed by atoms with E-state index < -0.39 is 24.9 Å². The van der Waals surface area contributed by atoms with Crippen LogP contribution in [0.4, 0.5) is 5.69 Å². The molecule has 7 heteroatoms. The molecule has 0 aliphatic heterocycles. The van der Waals surface area contributed by atoms with Gasteiger partial charge in [0.15, 0.2) is 0 Å². The summed E-state index contributed by atoms with van der Waals surface area (Å²) < 4.78 is 0.0965. The maximum absolute atomic E-state index is 10.7. The zero-order chi connectivity index (χ0) is 10.7. The molecule has 0 saturated heterocycles. The Balaban J connectivity index is 3.39. The van der Waals surface area contributed by atoms with Gasteiger partial charge in [-0.3, -0.25) is 0 Å². The maximum atomic E-state index is 10.7. The van der Waals surface area contributed by atoms with Crippen LogP contribution in [0.15, 0.2) is 18.2 Å². The Morgan fingerprint density at radius 3 is 2.64 bits per heavy atom. The molecule has 0 aliphatic carbocycles. The third kappa shape index (κ3) is 2.04. The minimum absolute atomic E-state index is 0.0965. The van der Waals surface area contributed by atoms with E-state index in [4.69, 9.17) is 15.2 Å². The first kappa shape index (κ1) is 11.0. The number of aromatic carboxylic acids is 1. The van der Waals surface area contributed by atoms with E-state index in [9.17, 15) is 14.9 Å². The van der Waals surface area contributed by atoms with Gasteiger partial charge in [-0.15, -0.1) is 0 Å². The van der Waals surface area contributed by atoms with Crippen LogP contribution in [0.25, 0.3) is 0 Å². The second-order valence-electron chi connectivity index (χ2n) is 2.29. The molecule has 5 nitrogen and oxygen atoms in total. The van der Waals surface area contributed by atoms with E-state index in [0.717, 1.165) is 0 Å². The molecule has 1 aromatic rings. The van der Waals surface area contributed by atoms with E-state index in [2.05, 4.69) is 0 Å². The first-order chi connectivity index (χ1) is 6.57. The Kier molecular flexibility index (Phi) is 3.46. The summed E-state index contributed by atoms with van der Waals surface area (Å²) in [5, 5.41) is 19.3. The van der Waals surface area contributed by atoms with E-state index in [1.807, 2.05) is 0 Å². The molecule has 1 aromatic carbocycles. The summed E-state index contributed by atoms with van der Waals surface area (Å²) >= 11 is -0.739. The van der Waals surface area contributed by atoms with E-state index in [0.29, 0.717) is 0 Å². The fourth-order valence-corrected chi connectivity index (χ4v) is 2.73. The van der Waals surface area contributed by atoms with Crippen molar-refractivity contribution in [3.05, 3.63) is 33.9 Å². The Labute approximate surface area is 89.2 Å². The van der Waals surface area contributed by atoms with Gasteiger partial charge in [0.25, 0.3) is 0 Å². The van der Waals surface area contributed by atoms with Gasteiger partial charge < -0.3 is 0 Å². The molecular formula is C7H4ClNO4Se. The third-order valence-corrected chi connectivity index (χ3v) is 3.52. The predicted molar refractivity (Wildman–Crippen MR) is 51.3 cm³/mol. The number of nitrogens with zero attached hydrogens (tertiary/aromatic N) is 1. The minimum atomic E-state index is -1.20. The first-order valence-electron chi connectivity index (χ1n) is 3.37. The van der Waals surface area contributed by atoms with Crippen molar-refractivity contribution < 1.29 is 14.8 Å². The van der Waals surface area contributed by atoms with Gasteiger partial charge in [0, 0.05) is 0 Å². The monoisotopic (exact) mass is 281 g/mol. The van der Waals surface area contributed by atoms with Gasteiger partial charge in [-0.25, -0.2) is 0 Å². The normalized spacial score (nSPS) is 9.79. The molecule has 0 fully saturated rings. The van der Waals surface area contributed by atoms with E-state index >= 15 is 0 Å². The molecule has 0 aromatic heterocycles. The van der Waals surface area contributed by atoms with Crippen LogP contribution in [0.3, 0.4) is 0 Å². The van der Waals surface area contributed by atoms with Gasteiger partial charge in [0.2, 0.25) is 0 Å². The van der Waals surface area contributed by atoms with Crippen molar-refractivity contribution in [1.29, 1.82) is 0 Å². The van der Waals surface area contributed by atoms with Crippen LogP contribution >= 0.6 is 10.1 Å². The van der Waals surface area contributed by atoms with Crippen molar-refractivity contribution >= 4 is 40.3 Å². The Bertz CT molecular complexity index is 363. The van der Waals surface area contributed by atoms with Crippen LogP contribution in [0, 0.1) is 10.1 Å². The molecule has 0 atom stereocenters. The fourth-order valence-electron chi connectivity index (χ4n) is 0.918. The Morgan fingerprint density at radius 2 is 2.21 bits per heavy atom. The molecule has 0 unspecified atom stereocenters. The molecular weight excluding hydrogens is 276 g/mol. The molecule has 0 radical (unpaired) electrons. The SMILES string of the molecule is O=C(O)c1cccc([N+](=O)[O-])c1[Se]Cl. The van der Waals surface area contributed by atoms with E-state index in [1.165, 1.54) is 18.2 Å². The average Bonchev–Trinajstić information content (AvgIpc) is 2.16. The molecule has 14 heavy (non-hydrogen) atoms. The first-order valence-corrected chi connectivity index (χ1v) is 6.48. The fraction of sp³-hybridized carbons (Fsp3) is 0. The van der Waals surface area contributed by atoms with Crippen molar-refractivity contribution in [1.82, 2.24) is 0 Å². The van der Waals surface area contributed by atoms with Crippen LogP contribution < -0.4 is 4.46 Å². The Morgan fingerprint density at radius 1 is 1.57 bits per heavy atom. The number of nitro benzene ring substituents is 1. The number of benzene rings is 1. The summed E-state index contributed by atoms with van der Waals surface area (Å²) in [6, 6.07) is 3.87. The number of halogens is 1. The molecule has 0 saturated carbocycles. The topological polar surface area (TPSA) is 80.4 Å². The number of hydrogen-bond donors (Lipinski definition) is 1. The second-order valence-corrected chi connectivity index (χ2v) is 4.28. The number of carboxylic acids is 1.